The lowest BCUT2D eigenvalue weighted by atomic mass is 9.81. The first-order chi connectivity index (χ1) is 12.5. The number of rotatable bonds is 7. The predicted molar refractivity (Wildman–Crippen MR) is 103 cm³/mol. The molecule has 1 amide bonds. The Kier molecular flexibility index (Phi) is 6.04. The summed E-state index contributed by atoms with van der Waals surface area (Å²) in [5.74, 6) is 0.165. The third-order valence-electron chi connectivity index (χ3n) is 5.05. The van der Waals surface area contributed by atoms with Gasteiger partial charge in [-0.05, 0) is 35.4 Å². The van der Waals surface area contributed by atoms with Crippen LogP contribution in [0.3, 0.4) is 0 Å². The zero-order valence-electron chi connectivity index (χ0n) is 15.7. The number of pyridine rings is 1. The Labute approximate surface area is 156 Å². The topological polar surface area (TPSA) is 42.4 Å². The molecule has 138 valence electrons. The fourth-order valence-electron chi connectivity index (χ4n) is 3.48. The summed E-state index contributed by atoms with van der Waals surface area (Å²) < 4.78 is 5.78. The van der Waals surface area contributed by atoms with Crippen LogP contribution in [0.15, 0.2) is 54.9 Å². The first-order valence-electron chi connectivity index (χ1n) is 9.38. The largest absolute Gasteiger partial charge is 0.376 e. The van der Waals surface area contributed by atoms with Crippen molar-refractivity contribution in [3.8, 4) is 0 Å². The van der Waals surface area contributed by atoms with Gasteiger partial charge < -0.3 is 9.64 Å². The minimum Gasteiger partial charge on any atom is -0.376 e. The number of hydrogen-bond donors (Lipinski definition) is 0. The zero-order chi connectivity index (χ0) is 18.4. The van der Waals surface area contributed by atoms with Crippen LogP contribution in [0.25, 0.3) is 0 Å². The minimum absolute atomic E-state index is 0.149. The third kappa shape index (κ3) is 4.92. The summed E-state index contributed by atoms with van der Waals surface area (Å²) in [4.78, 5) is 19.3. The van der Waals surface area contributed by atoms with Gasteiger partial charge in [0.25, 0.3) is 0 Å². The minimum atomic E-state index is -0.206. The molecule has 4 heteroatoms. The summed E-state index contributed by atoms with van der Waals surface area (Å²) in [5.41, 5.74) is 2.03. The van der Waals surface area contributed by atoms with Crippen molar-refractivity contribution in [2.24, 2.45) is 0 Å². The molecule has 0 bridgehead atoms. The second-order valence-corrected chi connectivity index (χ2v) is 7.70. The third-order valence-corrected chi connectivity index (χ3v) is 5.05. The van der Waals surface area contributed by atoms with Gasteiger partial charge in [0, 0.05) is 38.5 Å². The molecule has 3 rings (SSSR count). The summed E-state index contributed by atoms with van der Waals surface area (Å²) >= 11 is 0. The van der Waals surface area contributed by atoms with Crippen LogP contribution >= 0.6 is 0 Å². The zero-order valence-corrected chi connectivity index (χ0v) is 15.7. The second kappa shape index (κ2) is 8.45. The molecular weight excluding hydrogens is 324 g/mol. The highest BCUT2D eigenvalue weighted by Crippen LogP contribution is 2.28. The van der Waals surface area contributed by atoms with Crippen molar-refractivity contribution in [1.82, 2.24) is 9.88 Å². The summed E-state index contributed by atoms with van der Waals surface area (Å²) in [6.07, 6.45) is 6.32. The SMILES string of the molecule is CC(C)(CC(=O)N(Cc1cccnc1)CC1CCCO1)c1ccccc1. The molecule has 0 radical (unpaired) electrons. The summed E-state index contributed by atoms with van der Waals surface area (Å²) in [5, 5.41) is 0. The number of hydrogen-bond acceptors (Lipinski definition) is 3. The van der Waals surface area contributed by atoms with Gasteiger partial charge in [0.05, 0.1) is 6.10 Å². The van der Waals surface area contributed by atoms with Crippen LogP contribution in [0.2, 0.25) is 0 Å². The molecule has 1 aliphatic heterocycles. The Morgan fingerprint density at radius 3 is 2.69 bits per heavy atom. The van der Waals surface area contributed by atoms with Gasteiger partial charge in [-0.3, -0.25) is 9.78 Å². The lowest BCUT2D eigenvalue weighted by Gasteiger charge is -2.31. The Morgan fingerprint density at radius 2 is 2.04 bits per heavy atom. The lowest BCUT2D eigenvalue weighted by molar-refractivity contribution is -0.134. The second-order valence-electron chi connectivity index (χ2n) is 7.70. The molecule has 1 aromatic carbocycles. The molecule has 1 aromatic heterocycles. The van der Waals surface area contributed by atoms with E-state index in [1.807, 2.05) is 41.4 Å². The van der Waals surface area contributed by atoms with E-state index in [4.69, 9.17) is 4.74 Å². The molecule has 2 aromatic rings. The fraction of sp³-hybridized carbons (Fsp3) is 0.455. The summed E-state index contributed by atoms with van der Waals surface area (Å²) in [6, 6.07) is 14.2. The maximum absolute atomic E-state index is 13.2. The van der Waals surface area contributed by atoms with E-state index in [-0.39, 0.29) is 17.4 Å². The van der Waals surface area contributed by atoms with E-state index in [1.54, 1.807) is 6.20 Å². The van der Waals surface area contributed by atoms with E-state index < -0.39 is 0 Å². The molecule has 2 heterocycles. The van der Waals surface area contributed by atoms with Crippen LogP contribution in [0, 0.1) is 0 Å². The van der Waals surface area contributed by atoms with E-state index in [0.29, 0.717) is 19.5 Å². The van der Waals surface area contributed by atoms with Crippen molar-refractivity contribution in [2.75, 3.05) is 13.2 Å². The average molecular weight is 352 g/mol. The predicted octanol–water partition coefficient (Wildman–Crippen LogP) is 3.96. The molecule has 1 aliphatic rings. The van der Waals surface area contributed by atoms with Crippen LogP contribution in [0.1, 0.15) is 44.2 Å². The maximum Gasteiger partial charge on any atom is 0.223 e. The van der Waals surface area contributed by atoms with E-state index in [2.05, 4.69) is 31.0 Å². The molecule has 1 fully saturated rings. The van der Waals surface area contributed by atoms with Crippen LogP contribution in [0.5, 0.6) is 0 Å². The van der Waals surface area contributed by atoms with Crippen molar-refractivity contribution in [1.29, 1.82) is 0 Å². The van der Waals surface area contributed by atoms with Gasteiger partial charge in [-0.25, -0.2) is 0 Å². The summed E-state index contributed by atoms with van der Waals surface area (Å²) in [6.45, 7) is 6.30. The first kappa shape index (κ1) is 18.6. The fourth-order valence-corrected chi connectivity index (χ4v) is 3.48. The quantitative estimate of drug-likeness (QED) is 0.757. The smallest absolute Gasteiger partial charge is 0.223 e. The Bertz CT molecular complexity index is 695. The summed E-state index contributed by atoms with van der Waals surface area (Å²) in [7, 11) is 0. The average Bonchev–Trinajstić information content (AvgIpc) is 3.15. The van der Waals surface area contributed by atoms with Crippen LogP contribution < -0.4 is 0 Å². The molecular formula is C22H28N2O2. The number of benzene rings is 1. The molecule has 26 heavy (non-hydrogen) atoms. The van der Waals surface area contributed by atoms with Crippen molar-refractivity contribution >= 4 is 5.91 Å². The van der Waals surface area contributed by atoms with Crippen molar-refractivity contribution in [3.05, 3.63) is 66.0 Å². The Hall–Kier alpha value is -2.20. The molecule has 1 unspecified atom stereocenters. The number of amides is 1. The number of carbonyl (C=O) groups is 1. The van der Waals surface area contributed by atoms with Crippen LogP contribution in [-0.2, 0) is 21.5 Å². The molecule has 1 atom stereocenters. The molecule has 0 spiro atoms. The molecule has 1 saturated heterocycles. The van der Waals surface area contributed by atoms with Gasteiger partial charge in [0.1, 0.15) is 0 Å². The van der Waals surface area contributed by atoms with Gasteiger partial charge in [-0.1, -0.05) is 50.2 Å². The normalized spacial score (nSPS) is 17.2. The maximum atomic E-state index is 13.2. The monoisotopic (exact) mass is 352 g/mol. The van der Waals surface area contributed by atoms with Gasteiger partial charge >= 0.3 is 0 Å². The van der Waals surface area contributed by atoms with Crippen molar-refractivity contribution < 1.29 is 9.53 Å². The number of nitrogens with zero attached hydrogens (tertiary/aromatic N) is 2. The van der Waals surface area contributed by atoms with E-state index in [9.17, 15) is 4.79 Å². The molecule has 0 saturated carbocycles. The Balaban J connectivity index is 1.73. The van der Waals surface area contributed by atoms with Gasteiger partial charge in [0.2, 0.25) is 5.91 Å². The molecule has 4 nitrogen and oxygen atoms in total. The van der Waals surface area contributed by atoms with Crippen LogP contribution in [0.4, 0.5) is 0 Å². The Morgan fingerprint density at radius 1 is 1.23 bits per heavy atom. The highest BCUT2D eigenvalue weighted by atomic mass is 16.5. The standard InChI is InChI=1S/C22H28N2O2/c1-22(2,19-9-4-3-5-10-19)14-21(25)24(17-20-11-7-13-26-20)16-18-8-6-12-23-15-18/h3-6,8-10,12,15,20H,7,11,13-14,16-17H2,1-2H3. The number of ether oxygens (including phenoxy) is 1. The van der Waals surface area contributed by atoms with Gasteiger partial charge in [0.15, 0.2) is 0 Å². The highest BCUT2D eigenvalue weighted by Gasteiger charge is 2.29. The van der Waals surface area contributed by atoms with Crippen molar-refractivity contribution in [2.45, 2.75) is 51.2 Å². The van der Waals surface area contributed by atoms with Crippen molar-refractivity contribution in [3.63, 3.8) is 0 Å². The van der Waals surface area contributed by atoms with E-state index in [1.165, 1.54) is 5.56 Å². The van der Waals surface area contributed by atoms with Crippen LogP contribution in [-0.4, -0.2) is 35.0 Å². The van der Waals surface area contributed by atoms with Gasteiger partial charge in [-0.2, -0.15) is 0 Å². The number of aromatic nitrogens is 1. The molecule has 0 aliphatic carbocycles. The van der Waals surface area contributed by atoms with Gasteiger partial charge in [-0.15, -0.1) is 0 Å². The lowest BCUT2D eigenvalue weighted by Crippen LogP contribution is -2.39. The van der Waals surface area contributed by atoms with E-state index >= 15 is 0 Å². The first-order valence-corrected chi connectivity index (χ1v) is 9.38. The highest BCUT2D eigenvalue weighted by molar-refractivity contribution is 5.77. The van der Waals surface area contributed by atoms with E-state index in [0.717, 1.165) is 25.0 Å². The molecule has 0 N–H and O–H groups in total. The number of carbonyl (C=O) groups excluding carboxylic acids is 1.